The Morgan fingerprint density at radius 3 is 2.16 bits per heavy atom. The van der Waals surface area contributed by atoms with Crippen molar-refractivity contribution >= 4 is 0 Å². The van der Waals surface area contributed by atoms with Crippen molar-refractivity contribution in [2.24, 2.45) is 5.92 Å². The molecule has 4 nitrogen and oxygen atoms in total. The van der Waals surface area contributed by atoms with E-state index in [9.17, 15) is 0 Å². The van der Waals surface area contributed by atoms with E-state index in [0.717, 1.165) is 32.2 Å². The molecular weight excluding hydrogens is 240 g/mol. The molecule has 118 valence electrons. The summed E-state index contributed by atoms with van der Waals surface area (Å²) in [5.74, 6) is 0.853. The van der Waals surface area contributed by atoms with Crippen molar-refractivity contribution < 1.29 is 9.47 Å². The van der Waals surface area contributed by atoms with Gasteiger partial charge in [-0.05, 0) is 32.4 Å². The molecule has 1 aliphatic rings. The van der Waals surface area contributed by atoms with Crippen LogP contribution in [0.1, 0.15) is 40.5 Å². The number of morpholine rings is 1. The first-order chi connectivity index (χ1) is 9.20. The predicted molar refractivity (Wildman–Crippen MR) is 83.6 cm³/mol. The van der Waals surface area contributed by atoms with Crippen LogP contribution in [0.3, 0.4) is 0 Å². The van der Waals surface area contributed by atoms with Crippen molar-refractivity contribution in [3.63, 3.8) is 0 Å². The van der Waals surface area contributed by atoms with Crippen LogP contribution >= 0.6 is 0 Å². The first-order valence-corrected chi connectivity index (χ1v) is 7.64. The lowest BCUT2D eigenvalue weighted by atomic mass is 10.1. The molecule has 0 bridgehead atoms. The number of hydrogen-bond donors (Lipinski definition) is 1. The van der Waals surface area contributed by atoms with Crippen LogP contribution in [0.2, 0.25) is 0 Å². The Labute approximate surface area is 120 Å². The van der Waals surface area contributed by atoms with E-state index in [2.05, 4.69) is 28.8 Å². The highest BCUT2D eigenvalue weighted by Crippen LogP contribution is 2.05. The summed E-state index contributed by atoms with van der Waals surface area (Å²) in [6.07, 6.45) is 2.70. The normalized spacial score (nSPS) is 15.3. The van der Waals surface area contributed by atoms with Crippen LogP contribution < -0.4 is 5.32 Å². The first kappa shape index (κ1) is 21.1. The van der Waals surface area contributed by atoms with Crippen molar-refractivity contribution in [3.8, 4) is 0 Å². The van der Waals surface area contributed by atoms with Gasteiger partial charge in [0.2, 0.25) is 0 Å². The monoisotopic (exact) mass is 276 g/mol. The summed E-state index contributed by atoms with van der Waals surface area (Å²) in [5.41, 5.74) is 0. The highest BCUT2D eigenvalue weighted by Gasteiger charge is 2.09. The maximum Gasteiger partial charge on any atom is 0.0958 e. The second-order valence-electron chi connectivity index (χ2n) is 4.78. The summed E-state index contributed by atoms with van der Waals surface area (Å²) in [4.78, 5) is 2.51. The predicted octanol–water partition coefficient (Wildman–Crippen LogP) is 2.59. The topological polar surface area (TPSA) is 33.7 Å². The fourth-order valence-corrected chi connectivity index (χ4v) is 1.69. The molecule has 1 heterocycles. The van der Waals surface area contributed by atoms with E-state index < -0.39 is 0 Å². The Kier molecular flexibility index (Phi) is 19.9. The van der Waals surface area contributed by atoms with Gasteiger partial charge in [-0.2, -0.15) is 0 Å². The minimum atomic E-state index is 0.639. The SMILES string of the molecule is CC.CC(C)CCCN1CCOCC1.CNCOC. The molecule has 0 aliphatic carbocycles. The summed E-state index contributed by atoms with van der Waals surface area (Å²) in [6.45, 7) is 14.6. The number of nitrogens with one attached hydrogen (secondary N) is 1. The third-order valence-corrected chi connectivity index (χ3v) is 2.65. The van der Waals surface area contributed by atoms with Gasteiger partial charge in [0.05, 0.1) is 19.9 Å². The zero-order valence-electron chi connectivity index (χ0n) is 14.0. The van der Waals surface area contributed by atoms with Crippen LogP contribution in [-0.4, -0.2) is 58.6 Å². The van der Waals surface area contributed by atoms with Crippen LogP contribution in [0.15, 0.2) is 0 Å². The van der Waals surface area contributed by atoms with Gasteiger partial charge in [0.25, 0.3) is 0 Å². The molecule has 0 radical (unpaired) electrons. The minimum absolute atomic E-state index is 0.639. The van der Waals surface area contributed by atoms with Gasteiger partial charge in [-0.1, -0.05) is 27.7 Å². The number of nitrogens with zero attached hydrogens (tertiary/aromatic N) is 1. The molecule has 1 aliphatic heterocycles. The number of methoxy groups -OCH3 is 1. The van der Waals surface area contributed by atoms with E-state index in [-0.39, 0.29) is 0 Å². The fourth-order valence-electron chi connectivity index (χ4n) is 1.69. The van der Waals surface area contributed by atoms with E-state index in [1.54, 1.807) is 7.11 Å². The first-order valence-electron chi connectivity index (χ1n) is 7.64. The molecule has 0 spiro atoms. The van der Waals surface area contributed by atoms with E-state index in [0.29, 0.717) is 6.73 Å². The number of hydrogen-bond acceptors (Lipinski definition) is 4. The van der Waals surface area contributed by atoms with Gasteiger partial charge >= 0.3 is 0 Å². The second-order valence-corrected chi connectivity index (χ2v) is 4.78. The van der Waals surface area contributed by atoms with Gasteiger partial charge in [-0.25, -0.2) is 0 Å². The molecule has 4 heteroatoms. The molecular formula is C15H36N2O2. The second kappa shape index (κ2) is 17.8. The van der Waals surface area contributed by atoms with Gasteiger partial charge < -0.3 is 9.47 Å². The smallest absolute Gasteiger partial charge is 0.0958 e. The van der Waals surface area contributed by atoms with Crippen LogP contribution in [0.5, 0.6) is 0 Å². The molecule has 0 amide bonds. The molecule has 0 atom stereocenters. The zero-order valence-corrected chi connectivity index (χ0v) is 14.0. The minimum Gasteiger partial charge on any atom is -0.379 e. The molecule has 1 saturated heterocycles. The third kappa shape index (κ3) is 17.8. The molecule has 1 rings (SSSR count). The van der Waals surface area contributed by atoms with Gasteiger partial charge in [0, 0.05) is 20.2 Å². The van der Waals surface area contributed by atoms with E-state index in [4.69, 9.17) is 4.74 Å². The molecule has 0 aromatic carbocycles. The van der Waals surface area contributed by atoms with E-state index >= 15 is 0 Å². The van der Waals surface area contributed by atoms with Gasteiger partial charge in [0.1, 0.15) is 0 Å². The van der Waals surface area contributed by atoms with Crippen LogP contribution in [-0.2, 0) is 9.47 Å². The zero-order chi connectivity index (χ0) is 14.9. The maximum absolute atomic E-state index is 5.29. The highest BCUT2D eigenvalue weighted by atomic mass is 16.5. The van der Waals surface area contributed by atoms with Gasteiger partial charge in [-0.15, -0.1) is 0 Å². The molecule has 19 heavy (non-hydrogen) atoms. The van der Waals surface area contributed by atoms with Gasteiger partial charge in [0.15, 0.2) is 0 Å². The summed E-state index contributed by atoms with van der Waals surface area (Å²) in [5, 5.41) is 2.80. The maximum atomic E-state index is 5.29. The lowest BCUT2D eigenvalue weighted by molar-refractivity contribution is 0.0368. The van der Waals surface area contributed by atoms with Crippen molar-refractivity contribution in [1.82, 2.24) is 10.2 Å². The number of ether oxygens (including phenoxy) is 2. The lowest BCUT2D eigenvalue weighted by Crippen LogP contribution is -2.36. The Hall–Kier alpha value is -0.160. The quantitative estimate of drug-likeness (QED) is 0.756. The molecule has 0 unspecified atom stereocenters. The molecule has 0 saturated carbocycles. The Balaban J connectivity index is 0. The summed E-state index contributed by atoms with van der Waals surface area (Å²) >= 11 is 0. The van der Waals surface area contributed by atoms with Crippen molar-refractivity contribution in [2.75, 3.05) is 53.7 Å². The average molecular weight is 276 g/mol. The Morgan fingerprint density at radius 1 is 1.21 bits per heavy atom. The Bertz CT molecular complexity index is 147. The number of rotatable bonds is 6. The van der Waals surface area contributed by atoms with Gasteiger partial charge in [-0.3, -0.25) is 10.2 Å². The molecule has 0 aromatic heterocycles. The highest BCUT2D eigenvalue weighted by molar-refractivity contribution is 4.61. The summed E-state index contributed by atoms with van der Waals surface area (Å²) in [7, 11) is 3.49. The van der Waals surface area contributed by atoms with Crippen LogP contribution in [0.4, 0.5) is 0 Å². The third-order valence-electron chi connectivity index (χ3n) is 2.65. The molecule has 1 fully saturated rings. The molecule has 0 aromatic rings. The fraction of sp³-hybridized carbons (Fsp3) is 1.00. The van der Waals surface area contributed by atoms with Crippen molar-refractivity contribution in [3.05, 3.63) is 0 Å². The van der Waals surface area contributed by atoms with Crippen molar-refractivity contribution in [2.45, 2.75) is 40.5 Å². The summed E-state index contributed by atoms with van der Waals surface area (Å²) in [6, 6.07) is 0. The van der Waals surface area contributed by atoms with Crippen LogP contribution in [0, 0.1) is 5.92 Å². The van der Waals surface area contributed by atoms with Crippen molar-refractivity contribution in [1.29, 1.82) is 0 Å². The Morgan fingerprint density at radius 2 is 1.79 bits per heavy atom. The van der Waals surface area contributed by atoms with Crippen LogP contribution in [0.25, 0.3) is 0 Å². The van der Waals surface area contributed by atoms with E-state index in [1.165, 1.54) is 19.4 Å². The standard InChI is InChI=1S/C10H21NO.C3H9NO.C2H6/c1-10(2)4-3-5-11-6-8-12-9-7-11;1-4-3-5-2;1-2/h10H,3-9H2,1-2H3;4H,3H2,1-2H3;1-2H3. The van der Waals surface area contributed by atoms with E-state index in [1.807, 2.05) is 20.9 Å². The summed E-state index contributed by atoms with van der Waals surface area (Å²) < 4.78 is 9.87. The average Bonchev–Trinajstić information content (AvgIpc) is 2.43. The largest absolute Gasteiger partial charge is 0.379 e. The lowest BCUT2D eigenvalue weighted by Gasteiger charge is -2.26. The molecule has 1 N–H and O–H groups in total.